The predicted molar refractivity (Wildman–Crippen MR) is 80.9 cm³/mol. The number of benzene rings is 2. The maximum atomic E-state index is 13.3. The maximum absolute atomic E-state index is 13.3. The van der Waals surface area contributed by atoms with Crippen molar-refractivity contribution in [3.8, 4) is 11.8 Å². The Morgan fingerprint density at radius 1 is 1.06 bits per heavy atom. The number of halogens is 2. The number of hydrogen-bond acceptors (Lipinski definition) is 1. The van der Waals surface area contributed by atoms with Crippen molar-refractivity contribution in [3.05, 3.63) is 63.5 Å². The molecule has 18 heavy (non-hydrogen) atoms. The van der Waals surface area contributed by atoms with E-state index in [1.165, 1.54) is 6.07 Å². The third-order valence-electron chi connectivity index (χ3n) is 2.33. The molecule has 2 aromatic rings. The van der Waals surface area contributed by atoms with Gasteiger partial charge in [-0.25, -0.2) is 4.39 Å². The first-order valence-corrected chi connectivity index (χ1v) is 6.57. The third kappa shape index (κ3) is 3.47. The van der Waals surface area contributed by atoms with Crippen LogP contribution < -0.4 is 5.32 Å². The highest BCUT2D eigenvalue weighted by Gasteiger charge is 2.02. The quantitative estimate of drug-likeness (QED) is 0.639. The van der Waals surface area contributed by atoms with Gasteiger partial charge >= 0.3 is 0 Å². The fourth-order valence-electron chi connectivity index (χ4n) is 1.45. The van der Waals surface area contributed by atoms with Gasteiger partial charge in [-0.1, -0.05) is 36.1 Å². The summed E-state index contributed by atoms with van der Waals surface area (Å²) < 4.78 is 13.9. The highest BCUT2D eigenvalue weighted by molar-refractivity contribution is 14.1. The van der Waals surface area contributed by atoms with Gasteiger partial charge in [-0.05, 0) is 46.9 Å². The Morgan fingerprint density at radius 3 is 2.61 bits per heavy atom. The van der Waals surface area contributed by atoms with Gasteiger partial charge in [0.15, 0.2) is 0 Å². The Bertz CT molecular complexity index is 584. The van der Waals surface area contributed by atoms with Gasteiger partial charge < -0.3 is 5.32 Å². The Labute approximate surface area is 120 Å². The molecule has 0 saturated heterocycles. The van der Waals surface area contributed by atoms with E-state index in [1.807, 2.05) is 59.0 Å². The van der Waals surface area contributed by atoms with E-state index in [1.54, 1.807) is 6.07 Å². The van der Waals surface area contributed by atoms with Crippen molar-refractivity contribution < 1.29 is 4.39 Å². The summed E-state index contributed by atoms with van der Waals surface area (Å²) in [4.78, 5) is 0. The Kier molecular flexibility index (Phi) is 4.59. The average Bonchev–Trinajstić information content (AvgIpc) is 2.40. The summed E-state index contributed by atoms with van der Waals surface area (Å²) in [5.41, 5.74) is 1.76. The number of nitrogens with one attached hydrogen (secondary N) is 1. The van der Waals surface area contributed by atoms with Crippen molar-refractivity contribution in [3.63, 3.8) is 0 Å². The Hall–Kier alpha value is -1.54. The van der Waals surface area contributed by atoms with E-state index in [4.69, 9.17) is 0 Å². The number of rotatable bonds is 2. The SMILES string of the molecule is Fc1cccc(NCC#Cc2ccccc2)c1I. The summed E-state index contributed by atoms with van der Waals surface area (Å²) in [7, 11) is 0. The molecule has 0 aliphatic rings. The smallest absolute Gasteiger partial charge is 0.138 e. The van der Waals surface area contributed by atoms with E-state index in [-0.39, 0.29) is 5.82 Å². The topological polar surface area (TPSA) is 12.0 Å². The molecular formula is C15H11FIN. The van der Waals surface area contributed by atoms with E-state index in [9.17, 15) is 4.39 Å². The zero-order chi connectivity index (χ0) is 12.8. The molecule has 0 aliphatic carbocycles. The summed E-state index contributed by atoms with van der Waals surface area (Å²) in [5, 5.41) is 3.10. The molecule has 0 saturated carbocycles. The van der Waals surface area contributed by atoms with E-state index in [2.05, 4.69) is 17.2 Å². The molecule has 0 heterocycles. The van der Waals surface area contributed by atoms with Crippen molar-refractivity contribution in [1.29, 1.82) is 0 Å². The zero-order valence-electron chi connectivity index (χ0n) is 9.58. The normalized spacial score (nSPS) is 9.44. The van der Waals surface area contributed by atoms with E-state index < -0.39 is 0 Å². The first kappa shape index (κ1) is 12.9. The predicted octanol–water partition coefficient (Wildman–Crippen LogP) is 3.89. The van der Waals surface area contributed by atoms with Crippen LogP contribution in [0.1, 0.15) is 5.56 Å². The van der Waals surface area contributed by atoms with Gasteiger partial charge in [-0.2, -0.15) is 0 Å². The molecule has 0 aromatic heterocycles. The summed E-state index contributed by atoms with van der Waals surface area (Å²) in [6.45, 7) is 0.494. The van der Waals surface area contributed by atoms with Crippen LogP contribution in [-0.2, 0) is 0 Å². The number of hydrogen-bond donors (Lipinski definition) is 1. The van der Waals surface area contributed by atoms with Gasteiger partial charge in [0.25, 0.3) is 0 Å². The van der Waals surface area contributed by atoms with E-state index in [0.29, 0.717) is 10.1 Å². The van der Waals surface area contributed by atoms with Crippen LogP contribution in [0.3, 0.4) is 0 Å². The minimum absolute atomic E-state index is 0.211. The highest BCUT2D eigenvalue weighted by Crippen LogP contribution is 2.20. The van der Waals surface area contributed by atoms with Crippen LogP contribution in [0.15, 0.2) is 48.5 Å². The van der Waals surface area contributed by atoms with Crippen LogP contribution in [-0.4, -0.2) is 6.54 Å². The fourth-order valence-corrected chi connectivity index (χ4v) is 2.00. The second-order valence-electron chi connectivity index (χ2n) is 3.62. The first-order chi connectivity index (χ1) is 8.77. The van der Waals surface area contributed by atoms with Gasteiger partial charge in [-0.15, -0.1) is 0 Å². The van der Waals surface area contributed by atoms with Crippen LogP contribution in [0.4, 0.5) is 10.1 Å². The van der Waals surface area contributed by atoms with E-state index in [0.717, 1.165) is 11.3 Å². The number of anilines is 1. The monoisotopic (exact) mass is 351 g/mol. The van der Waals surface area contributed by atoms with Crippen molar-refractivity contribution in [2.45, 2.75) is 0 Å². The van der Waals surface area contributed by atoms with Crippen molar-refractivity contribution in [2.75, 3.05) is 11.9 Å². The van der Waals surface area contributed by atoms with Gasteiger partial charge in [0.2, 0.25) is 0 Å². The van der Waals surface area contributed by atoms with E-state index >= 15 is 0 Å². The van der Waals surface area contributed by atoms with Gasteiger partial charge in [0.05, 0.1) is 15.8 Å². The van der Waals surface area contributed by atoms with Crippen LogP contribution in [0, 0.1) is 21.2 Å². The minimum atomic E-state index is -0.211. The molecule has 1 N–H and O–H groups in total. The summed E-state index contributed by atoms with van der Waals surface area (Å²) >= 11 is 1.98. The molecule has 0 bridgehead atoms. The molecule has 90 valence electrons. The zero-order valence-corrected chi connectivity index (χ0v) is 11.7. The molecular weight excluding hydrogens is 340 g/mol. The summed E-state index contributed by atoms with van der Waals surface area (Å²) in [6.07, 6.45) is 0. The molecule has 0 radical (unpaired) electrons. The summed E-state index contributed by atoms with van der Waals surface area (Å²) in [6, 6.07) is 14.7. The lowest BCUT2D eigenvalue weighted by molar-refractivity contribution is 0.621. The van der Waals surface area contributed by atoms with Crippen molar-refractivity contribution in [2.24, 2.45) is 0 Å². The molecule has 3 heteroatoms. The van der Waals surface area contributed by atoms with Crippen molar-refractivity contribution in [1.82, 2.24) is 0 Å². The van der Waals surface area contributed by atoms with Crippen molar-refractivity contribution >= 4 is 28.3 Å². The second kappa shape index (κ2) is 6.41. The Balaban J connectivity index is 1.97. The molecule has 2 rings (SSSR count). The molecule has 0 aliphatic heterocycles. The lowest BCUT2D eigenvalue weighted by Crippen LogP contribution is -2.01. The second-order valence-corrected chi connectivity index (χ2v) is 4.70. The molecule has 0 unspecified atom stereocenters. The molecule has 0 atom stereocenters. The Morgan fingerprint density at radius 2 is 1.83 bits per heavy atom. The molecule has 2 aromatic carbocycles. The van der Waals surface area contributed by atoms with Gasteiger partial charge in [0, 0.05) is 5.56 Å². The molecule has 1 nitrogen and oxygen atoms in total. The fraction of sp³-hybridized carbons (Fsp3) is 0.0667. The van der Waals surface area contributed by atoms with Crippen LogP contribution in [0.25, 0.3) is 0 Å². The summed E-state index contributed by atoms with van der Waals surface area (Å²) in [5.74, 6) is 5.84. The molecule has 0 spiro atoms. The standard InChI is InChI=1S/C15H11FIN/c16-13-9-4-10-14(15(13)17)18-11-5-8-12-6-2-1-3-7-12/h1-4,6-7,9-10,18H,11H2. The highest BCUT2D eigenvalue weighted by atomic mass is 127. The largest absolute Gasteiger partial charge is 0.373 e. The minimum Gasteiger partial charge on any atom is -0.373 e. The van der Waals surface area contributed by atoms with Gasteiger partial charge in [0.1, 0.15) is 5.82 Å². The third-order valence-corrected chi connectivity index (χ3v) is 3.42. The maximum Gasteiger partial charge on any atom is 0.138 e. The molecule has 0 amide bonds. The van der Waals surface area contributed by atoms with Crippen LogP contribution in [0.5, 0.6) is 0 Å². The average molecular weight is 351 g/mol. The lowest BCUT2D eigenvalue weighted by atomic mass is 10.2. The van der Waals surface area contributed by atoms with Crippen LogP contribution in [0.2, 0.25) is 0 Å². The lowest BCUT2D eigenvalue weighted by Gasteiger charge is -2.05. The first-order valence-electron chi connectivity index (χ1n) is 5.49. The van der Waals surface area contributed by atoms with Crippen LogP contribution >= 0.6 is 22.6 Å². The van der Waals surface area contributed by atoms with Gasteiger partial charge in [-0.3, -0.25) is 0 Å². The molecule has 0 fully saturated rings.